The molecule has 21 heavy (non-hydrogen) atoms. The number of nitrogens with zero attached hydrogens (tertiary/aromatic N) is 2. The molecule has 0 radical (unpaired) electrons. The molecule has 0 amide bonds. The standard InChI is InChI=1S/C15H14F2N2O2/c1-8-6-12(19-5-4-9(7-19)15(20)21)10-2-3-11(16)13(17)14(10)18-8/h2-3,6,9H,4-5,7H2,1H3,(H,20,21). The van der Waals surface area contributed by atoms with Crippen molar-refractivity contribution < 1.29 is 18.7 Å². The van der Waals surface area contributed by atoms with E-state index in [4.69, 9.17) is 5.11 Å². The monoisotopic (exact) mass is 292 g/mol. The van der Waals surface area contributed by atoms with Gasteiger partial charge in [-0.25, -0.2) is 13.8 Å². The van der Waals surface area contributed by atoms with Crippen LogP contribution in [0.5, 0.6) is 0 Å². The first-order chi connectivity index (χ1) is 9.97. The number of hydrogen-bond donors (Lipinski definition) is 1. The van der Waals surface area contributed by atoms with E-state index in [1.54, 1.807) is 13.0 Å². The van der Waals surface area contributed by atoms with E-state index >= 15 is 0 Å². The summed E-state index contributed by atoms with van der Waals surface area (Å²) in [6.45, 7) is 2.65. The molecule has 1 aromatic heterocycles. The van der Waals surface area contributed by atoms with Gasteiger partial charge in [-0.15, -0.1) is 0 Å². The number of benzene rings is 1. The van der Waals surface area contributed by atoms with Gasteiger partial charge in [0.1, 0.15) is 5.52 Å². The fourth-order valence-corrected chi connectivity index (χ4v) is 2.78. The summed E-state index contributed by atoms with van der Waals surface area (Å²) in [5, 5.41) is 9.58. The van der Waals surface area contributed by atoms with Crippen LogP contribution < -0.4 is 4.90 Å². The maximum Gasteiger partial charge on any atom is 0.308 e. The van der Waals surface area contributed by atoms with Crippen molar-refractivity contribution in [2.24, 2.45) is 5.92 Å². The number of carboxylic acids is 1. The zero-order valence-corrected chi connectivity index (χ0v) is 11.4. The minimum Gasteiger partial charge on any atom is -0.481 e. The Morgan fingerprint density at radius 1 is 1.43 bits per heavy atom. The van der Waals surface area contributed by atoms with Gasteiger partial charge in [0.05, 0.1) is 5.92 Å². The van der Waals surface area contributed by atoms with Gasteiger partial charge in [-0.2, -0.15) is 0 Å². The van der Waals surface area contributed by atoms with Crippen molar-refractivity contribution in [1.29, 1.82) is 0 Å². The van der Waals surface area contributed by atoms with Crippen LogP contribution in [0.4, 0.5) is 14.5 Å². The summed E-state index contributed by atoms with van der Waals surface area (Å²) in [5.41, 5.74) is 1.27. The number of aryl methyl sites for hydroxylation is 1. The second kappa shape index (κ2) is 4.95. The third kappa shape index (κ3) is 2.30. The van der Waals surface area contributed by atoms with Crippen LogP contribution in [0.1, 0.15) is 12.1 Å². The van der Waals surface area contributed by atoms with E-state index in [2.05, 4.69) is 4.98 Å². The van der Waals surface area contributed by atoms with E-state index in [1.165, 1.54) is 6.07 Å². The predicted octanol–water partition coefficient (Wildman–Crippen LogP) is 2.73. The predicted molar refractivity (Wildman–Crippen MR) is 74.4 cm³/mol. The largest absolute Gasteiger partial charge is 0.481 e. The molecule has 1 aliphatic rings. The zero-order valence-electron chi connectivity index (χ0n) is 11.4. The molecule has 0 saturated carbocycles. The van der Waals surface area contributed by atoms with Gasteiger partial charge in [-0.05, 0) is 31.5 Å². The second-order valence-electron chi connectivity index (χ2n) is 5.31. The fraction of sp³-hybridized carbons (Fsp3) is 0.333. The Balaban J connectivity index is 2.11. The van der Waals surface area contributed by atoms with E-state index in [1.807, 2.05) is 4.90 Å². The molecule has 2 aromatic rings. The molecule has 1 aromatic carbocycles. The highest BCUT2D eigenvalue weighted by Gasteiger charge is 2.29. The molecule has 3 rings (SSSR count). The molecule has 4 nitrogen and oxygen atoms in total. The average molecular weight is 292 g/mol. The summed E-state index contributed by atoms with van der Waals surface area (Å²) < 4.78 is 27.3. The van der Waals surface area contributed by atoms with Gasteiger partial charge in [0.15, 0.2) is 11.6 Å². The van der Waals surface area contributed by atoms with E-state index in [9.17, 15) is 13.6 Å². The smallest absolute Gasteiger partial charge is 0.308 e. The summed E-state index contributed by atoms with van der Waals surface area (Å²) in [6.07, 6.45) is 0.544. The first-order valence-electron chi connectivity index (χ1n) is 6.70. The summed E-state index contributed by atoms with van der Waals surface area (Å²) in [4.78, 5) is 17.0. The van der Waals surface area contributed by atoms with Gasteiger partial charge in [0, 0.05) is 29.9 Å². The number of aromatic nitrogens is 1. The third-order valence-corrected chi connectivity index (χ3v) is 3.86. The van der Waals surface area contributed by atoms with Gasteiger partial charge >= 0.3 is 5.97 Å². The minimum atomic E-state index is -0.966. The molecule has 1 saturated heterocycles. The average Bonchev–Trinajstić information content (AvgIpc) is 2.92. The Bertz CT molecular complexity index is 733. The Morgan fingerprint density at radius 3 is 2.86 bits per heavy atom. The number of carboxylic acid groups (broad SMARTS) is 1. The number of fused-ring (bicyclic) bond motifs is 1. The highest BCUT2D eigenvalue weighted by molar-refractivity contribution is 5.92. The third-order valence-electron chi connectivity index (χ3n) is 3.86. The molecule has 2 heterocycles. The Labute approximate surface area is 120 Å². The number of hydrogen-bond acceptors (Lipinski definition) is 3. The van der Waals surface area contributed by atoms with Crippen LogP contribution >= 0.6 is 0 Å². The first-order valence-corrected chi connectivity index (χ1v) is 6.70. The Hall–Kier alpha value is -2.24. The molecule has 0 aliphatic carbocycles. The number of carbonyl (C=O) groups is 1. The van der Waals surface area contributed by atoms with Gasteiger partial charge in [0.2, 0.25) is 0 Å². The molecule has 0 spiro atoms. The quantitative estimate of drug-likeness (QED) is 0.924. The molecule has 1 fully saturated rings. The lowest BCUT2D eigenvalue weighted by Crippen LogP contribution is -2.23. The highest BCUT2D eigenvalue weighted by Crippen LogP contribution is 2.32. The van der Waals surface area contributed by atoms with Crippen molar-refractivity contribution >= 4 is 22.6 Å². The Kier molecular flexibility index (Phi) is 3.23. The molecule has 110 valence electrons. The maximum atomic E-state index is 13.9. The lowest BCUT2D eigenvalue weighted by atomic mass is 10.1. The normalized spacial score (nSPS) is 18.4. The van der Waals surface area contributed by atoms with Crippen LogP contribution in [0.2, 0.25) is 0 Å². The summed E-state index contributed by atoms with van der Waals surface area (Å²) in [5.74, 6) is -3.16. The summed E-state index contributed by atoms with van der Waals surface area (Å²) in [6, 6.07) is 4.34. The molecule has 1 unspecified atom stereocenters. The van der Waals surface area contributed by atoms with E-state index in [0.29, 0.717) is 36.3 Å². The zero-order chi connectivity index (χ0) is 15.1. The molecule has 6 heteroatoms. The van der Waals surface area contributed by atoms with E-state index in [-0.39, 0.29) is 5.52 Å². The van der Waals surface area contributed by atoms with Crippen LogP contribution in [0.15, 0.2) is 18.2 Å². The maximum absolute atomic E-state index is 13.9. The van der Waals surface area contributed by atoms with Gasteiger partial charge < -0.3 is 10.0 Å². The van der Waals surface area contributed by atoms with E-state index in [0.717, 1.165) is 6.07 Å². The SMILES string of the molecule is Cc1cc(N2CCC(C(=O)O)C2)c2ccc(F)c(F)c2n1. The molecule has 1 aliphatic heterocycles. The van der Waals surface area contributed by atoms with Crippen LogP contribution in [0, 0.1) is 24.5 Å². The summed E-state index contributed by atoms with van der Waals surface area (Å²) in [7, 11) is 0. The van der Waals surface area contributed by atoms with Crippen molar-refractivity contribution in [3.8, 4) is 0 Å². The minimum absolute atomic E-state index is 0.0104. The topological polar surface area (TPSA) is 53.4 Å². The Morgan fingerprint density at radius 2 is 2.19 bits per heavy atom. The molecule has 0 bridgehead atoms. The number of pyridine rings is 1. The number of halogens is 2. The van der Waals surface area contributed by atoms with Crippen molar-refractivity contribution in [3.63, 3.8) is 0 Å². The lowest BCUT2D eigenvalue weighted by molar-refractivity contribution is -0.140. The second-order valence-corrected chi connectivity index (χ2v) is 5.31. The molecule has 1 N–H and O–H groups in total. The summed E-state index contributed by atoms with van der Waals surface area (Å²) >= 11 is 0. The molecule has 1 atom stereocenters. The van der Waals surface area contributed by atoms with Crippen LogP contribution in [0.25, 0.3) is 10.9 Å². The number of anilines is 1. The van der Waals surface area contributed by atoms with Crippen LogP contribution in [0.3, 0.4) is 0 Å². The van der Waals surface area contributed by atoms with Gasteiger partial charge in [-0.1, -0.05) is 0 Å². The molecular formula is C15H14F2N2O2. The van der Waals surface area contributed by atoms with Crippen molar-refractivity contribution in [2.75, 3.05) is 18.0 Å². The van der Waals surface area contributed by atoms with E-state index < -0.39 is 23.5 Å². The fourth-order valence-electron chi connectivity index (χ4n) is 2.78. The highest BCUT2D eigenvalue weighted by atomic mass is 19.2. The van der Waals surface area contributed by atoms with Gasteiger partial charge in [0.25, 0.3) is 0 Å². The first kappa shape index (κ1) is 13.7. The van der Waals surface area contributed by atoms with Gasteiger partial charge in [-0.3, -0.25) is 4.79 Å². The van der Waals surface area contributed by atoms with Crippen LogP contribution in [-0.2, 0) is 4.79 Å². The lowest BCUT2D eigenvalue weighted by Gasteiger charge is -2.21. The van der Waals surface area contributed by atoms with Crippen molar-refractivity contribution in [2.45, 2.75) is 13.3 Å². The van der Waals surface area contributed by atoms with Crippen LogP contribution in [-0.4, -0.2) is 29.1 Å². The van der Waals surface area contributed by atoms with Crippen molar-refractivity contribution in [1.82, 2.24) is 4.98 Å². The number of rotatable bonds is 2. The molecular weight excluding hydrogens is 278 g/mol. The number of aliphatic carboxylic acids is 1. The van der Waals surface area contributed by atoms with Crippen molar-refractivity contribution in [3.05, 3.63) is 35.5 Å².